The maximum atomic E-state index is 11.1. The number of carbonyl (C=O) groups excluding carboxylic acids is 1. The van der Waals surface area contributed by atoms with Crippen molar-refractivity contribution in [1.82, 2.24) is 0 Å². The maximum Gasteiger partial charge on any atom is 0.136 e. The molecule has 0 amide bonds. The van der Waals surface area contributed by atoms with Gasteiger partial charge in [0, 0.05) is 12.8 Å². The standard InChI is InChI=1S/C13H14O2/c14-12-7-9-13(15,10-12)8-6-11-4-2-1-3-5-11/h1-6,8,15H,7,9-10H2/b8-6+/t13-/m1/s1. The zero-order valence-corrected chi connectivity index (χ0v) is 8.52. The van der Waals surface area contributed by atoms with Gasteiger partial charge in [-0.3, -0.25) is 4.79 Å². The molecule has 1 aliphatic carbocycles. The average molecular weight is 202 g/mol. The molecule has 0 aliphatic heterocycles. The number of benzene rings is 1. The zero-order valence-electron chi connectivity index (χ0n) is 8.52. The zero-order chi connectivity index (χ0) is 10.7. The smallest absolute Gasteiger partial charge is 0.136 e. The van der Waals surface area contributed by atoms with Gasteiger partial charge in [0.2, 0.25) is 0 Å². The molecule has 2 nitrogen and oxygen atoms in total. The third kappa shape index (κ3) is 2.54. The fraction of sp³-hybridized carbons (Fsp3) is 0.308. The van der Waals surface area contributed by atoms with Crippen LogP contribution in [0.1, 0.15) is 24.8 Å². The van der Waals surface area contributed by atoms with Gasteiger partial charge in [-0.25, -0.2) is 0 Å². The normalized spacial score (nSPS) is 26.3. The summed E-state index contributed by atoms with van der Waals surface area (Å²) in [4.78, 5) is 11.1. The lowest BCUT2D eigenvalue weighted by atomic mass is 10.0. The van der Waals surface area contributed by atoms with Gasteiger partial charge in [0.25, 0.3) is 0 Å². The van der Waals surface area contributed by atoms with Gasteiger partial charge < -0.3 is 5.11 Å². The number of ketones is 1. The summed E-state index contributed by atoms with van der Waals surface area (Å²) in [5.74, 6) is 0.148. The molecule has 1 N–H and O–H groups in total. The van der Waals surface area contributed by atoms with E-state index in [0.717, 1.165) is 5.56 Å². The molecule has 1 aliphatic rings. The van der Waals surface area contributed by atoms with Crippen LogP contribution in [0.15, 0.2) is 36.4 Å². The van der Waals surface area contributed by atoms with E-state index in [1.165, 1.54) is 0 Å². The highest BCUT2D eigenvalue weighted by Crippen LogP contribution is 2.28. The number of aliphatic hydroxyl groups is 1. The first-order valence-electron chi connectivity index (χ1n) is 5.16. The Bertz CT molecular complexity index is 381. The second-order valence-electron chi connectivity index (χ2n) is 4.06. The van der Waals surface area contributed by atoms with Crippen LogP contribution < -0.4 is 0 Å². The second kappa shape index (κ2) is 3.99. The van der Waals surface area contributed by atoms with Crippen molar-refractivity contribution >= 4 is 11.9 Å². The highest BCUT2D eigenvalue weighted by atomic mass is 16.3. The first-order chi connectivity index (χ1) is 7.18. The fourth-order valence-electron chi connectivity index (χ4n) is 1.83. The van der Waals surface area contributed by atoms with E-state index in [1.54, 1.807) is 6.08 Å². The Hall–Kier alpha value is -1.41. The van der Waals surface area contributed by atoms with Crippen LogP contribution in [0.4, 0.5) is 0 Å². The minimum atomic E-state index is -0.910. The minimum Gasteiger partial charge on any atom is -0.385 e. The van der Waals surface area contributed by atoms with E-state index < -0.39 is 5.60 Å². The van der Waals surface area contributed by atoms with Crippen molar-refractivity contribution in [1.29, 1.82) is 0 Å². The Kier molecular flexibility index (Phi) is 2.69. The molecule has 1 aromatic carbocycles. The van der Waals surface area contributed by atoms with E-state index in [4.69, 9.17) is 0 Å². The van der Waals surface area contributed by atoms with Crippen LogP contribution in [0.25, 0.3) is 6.08 Å². The molecule has 78 valence electrons. The van der Waals surface area contributed by atoms with Gasteiger partial charge in [-0.2, -0.15) is 0 Å². The molecular formula is C13H14O2. The highest BCUT2D eigenvalue weighted by molar-refractivity contribution is 5.82. The summed E-state index contributed by atoms with van der Waals surface area (Å²) >= 11 is 0. The van der Waals surface area contributed by atoms with Crippen LogP contribution in [0, 0.1) is 0 Å². The van der Waals surface area contributed by atoms with Gasteiger partial charge in [0.15, 0.2) is 0 Å². The minimum absolute atomic E-state index is 0.148. The Balaban J connectivity index is 2.09. The van der Waals surface area contributed by atoms with Crippen LogP contribution >= 0.6 is 0 Å². The Morgan fingerprint density at radius 1 is 1.27 bits per heavy atom. The summed E-state index contributed by atoms with van der Waals surface area (Å²) in [6.45, 7) is 0. The summed E-state index contributed by atoms with van der Waals surface area (Å²) in [6, 6.07) is 9.78. The molecule has 1 fully saturated rings. The number of carbonyl (C=O) groups is 1. The monoisotopic (exact) mass is 202 g/mol. The molecule has 1 aromatic rings. The van der Waals surface area contributed by atoms with Gasteiger partial charge in [-0.1, -0.05) is 42.5 Å². The molecule has 0 saturated heterocycles. The summed E-state index contributed by atoms with van der Waals surface area (Å²) in [5.41, 5.74) is 0.137. The lowest BCUT2D eigenvalue weighted by molar-refractivity contribution is -0.118. The van der Waals surface area contributed by atoms with E-state index in [9.17, 15) is 9.90 Å². The molecule has 0 bridgehead atoms. The maximum absolute atomic E-state index is 11.1. The van der Waals surface area contributed by atoms with Gasteiger partial charge in [-0.05, 0) is 12.0 Å². The molecule has 2 rings (SSSR count). The van der Waals surface area contributed by atoms with Crippen molar-refractivity contribution < 1.29 is 9.90 Å². The van der Waals surface area contributed by atoms with Gasteiger partial charge >= 0.3 is 0 Å². The van der Waals surface area contributed by atoms with Crippen LogP contribution in [0.5, 0.6) is 0 Å². The van der Waals surface area contributed by atoms with Crippen molar-refractivity contribution in [3.8, 4) is 0 Å². The van der Waals surface area contributed by atoms with E-state index >= 15 is 0 Å². The van der Waals surface area contributed by atoms with Crippen molar-refractivity contribution in [2.24, 2.45) is 0 Å². The average Bonchev–Trinajstić information content (AvgIpc) is 2.58. The van der Waals surface area contributed by atoms with Gasteiger partial charge in [0.1, 0.15) is 5.78 Å². The topological polar surface area (TPSA) is 37.3 Å². The largest absolute Gasteiger partial charge is 0.385 e. The third-order valence-corrected chi connectivity index (χ3v) is 2.73. The molecule has 0 radical (unpaired) electrons. The molecule has 0 spiro atoms. The van der Waals surface area contributed by atoms with E-state index in [0.29, 0.717) is 12.8 Å². The number of Topliss-reactive ketones (excluding diaryl/α,β-unsaturated/α-hetero) is 1. The number of hydrogen-bond acceptors (Lipinski definition) is 2. The van der Waals surface area contributed by atoms with Crippen molar-refractivity contribution in [2.75, 3.05) is 0 Å². The molecule has 1 saturated carbocycles. The highest BCUT2D eigenvalue weighted by Gasteiger charge is 2.33. The van der Waals surface area contributed by atoms with Crippen LogP contribution in [-0.2, 0) is 4.79 Å². The van der Waals surface area contributed by atoms with E-state index in [1.807, 2.05) is 36.4 Å². The van der Waals surface area contributed by atoms with Crippen molar-refractivity contribution in [3.05, 3.63) is 42.0 Å². The Morgan fingerprint density at radius 3 is 2.60 bits per heavy atom. The van der Waals surface area contributed by atoms with Crippen LogP contribution in [0.3, 0.4) is 0 Å². The summed E-state index contributed by atoms with van der Waals surface area (Å²) in [5, 5.41) is 10.0. The fourth-order valence-corrected chi connectivity index (χ4v) is 1.83. The Labute approximate surface area is 89.2 Å². The summed E-state index contributed by atoms with van der Waals surface area (Å²) in [7, 11) is 0. The van der Waals surface area contributed by atoms with E-state index in [2.05, 4.69) is 0 Å². The Morgan fingerprint density at radius 2 is 2.00 bits per heavy atom. The van der Waals surface area contributed by atoms with Crippen LogP contribution in [0.2, 0.25) is 0 Å². The molecule has 15 heavy (non-hydrogen) atoms. The summed E-state index contributed by atoms with van der Waals surface area (Å²) in [6.07, 6.45) is 4.92. The third-order valence-electron chi connectivity index (χ3n) is 2.73. The molecule has 2 heteroatoms. The molecule has 0 aromatic heterocycles. The molecule has 1 atom stereocenters. The quantitative estimate of drug-likeness (QED) is 0.798. The summed E-state index contributed by atoms with van der Waals surface area (Å²) < 4.78 is 0. The number of hydrogen-bond donors (Lipinski definition) is 1. The SMILES string of the molecule is O=C1CC[C@](O)(/C=C/c2ccccc2)C1. The van der Waals surface area contributed by atoms with Gasteiger partial charge in [0.05, 0.1) is 5.60 Å². The first kappa shape index (κ1) is 10.1. The molecule has 0 heterocycles. The van der Waals surface area contributed by atoms with Gasteiger partial charge in [-0.15, -0.1) is 0 Å². The van der Waals surface area contributed by atoms with Crippen molar-refractivity contribution in [3.63, 3.8) is 0 Å². The second-order valence-corrected chi connectivity index (χ2v) is 4.06. The van der Waals surface area contributed by atoms with Crippen LogP contribution in [-0.4, -0.2) is 16.5 Å². The lowest BCUT2D eigenvalue weighted by Gasteiger charge is -2.15. The predicted molar refractivity (Wildman–Crippen MR) is 59.3 cm³/mol. The lowest BCUT2D eigenvalue weighted by Crippen LogP contribution is -2.20. The molecular weight excluding hydrogens is 188 g/mol. The van der Waals surface area contributed by atoms with Crippen molar-refractivity contribution in [2.45, 2.75) is 24.9 Å². The molecule has 0 unspecified atom stereocenters. The number of rotatable bonds is 2. The first-order valence-corrected chi connectivity index (χ1v) is 5.16. The predicted octanol–water partition coefficient (Wildman–Crippen LogP) is 2.18. The van der Waals surface area contributed by atoms with E-state index in [-0.39, 0.29) is 12.2 Å².